The minimum atomic E-state index is -3.98. The Balaban J connectivity index is 1.63. The molecule has 1 aromatic rings. The number of benzene rings is 1. The third-order valence-corrected chi connectivity index (χ3v) is 7.29. The second-order valence-corrected chi connectivity index (χ2v) is 9.14. The molecule has 2 fully saturated rings. The normalized spacial score (nSPS) is 38.1. The summed E-state index contributed by atoms with van der Waals surface area (Å²) >= 11 is 0. The number of aliphatic hydroxyl groups is 1. The molecule has 0 spiro atoms. The lowest BCUT2D eigenvalue weighted by Gasteiger charge is -2.50. The first-order valence-electron chi connectivity index (χ1n) is 8.81. The van der Waals surface area contributed by atoms with E-state index in [-0.39, 0.29) is 11.5 Å². The average Bonchev–Trinajstić information content (AvgIpc) is 2.81. The van der Waals surface area contributed by atoms with Gasteiger partial charge in [-0.1, -0.05) is 13.0 Å². The van der Waals surface area contributed by atoms with Crippen LogP contribution in [0.5, 0.6) is 5.75 Å². The SMILES string of the molecule is C[C@]12CC[C@@H]3c4ccc(OS(N)(=O)=O)cc4CC[C@H]3[C@@H]1CC[C@H]2O. The van der Waals surface area contributed by atoms with Gasteiger partial charge in [-0.15, -0.1) is 0 Å². The maximum atomic E-state index is 11.1. The summed E-state index contributed by atoms with van der Waals surface area (Å²) < 4.78 is 27.1. The zero-order valence-electron chi connectivity index (χ0n) is 13.9. The average molecular weight is 351 g/mol. The maximum absolute atomic E-state index is 11.1. The number of nitrogens with two attached hydrogens (primary N) is 1. The summed E-state index contributed by atoms with van der Waals surface area (Å²) in [5.41, 5.74) is 2.59. The molecule has 5 nitrogen and oxygen atoms in total. The zero-order valence-corrected chi connectivity index (χ0v) is 14.8. The minimum absolute atomic E-state index is 0.0787. The summed E-state index contributed by atoms with van der Waals surface area (Å²) in [6, 6.07) is 5.55. The highest BCUT2D eigenvalue weighted by atomic mass is 32.2. The maximum Gasteiger partial charge on any atom is 0.380 e. The number of fused-ring (bicyclic) bond motifs is 5. The van der Waals surface area contributed by atoms with Crippen molar-refractivity contribution in [3.05, 3.63) is 29.3 Å². The van der Waals surface area contributed by atoms with E-state index < -0.39 is 10.3 Å². The van der Waals surface area contributed by atoms with Gasteiger partial charge in [-0.05, 0) is 85.0 Å². The molecular formula is C18H25NO4S. The Kier molecular flexibility index (Phi) is 3.71. The highest BCUT2D eigenvalue weighted by molar-refractivity contribution is 7.84. The number of rotatable bonds is 2. The summed E-state index contributed by atoms with van der Waals surface area (Å²) in [6.45, 7) is 2.27. The monoisotopic (exact) mass is 351 g/mol. The molecule has 0 aromatic heterocycles. The molecule has 0 heterocycles. The molecule has 0 aliphatic heterocycles. The van der Waals surface area contributed by atoms with Crippen molar-refractivity contribution < 1.29 is 17.7 Å². The summed E-state index contributed by atoms with van der Waals surface area (Å²) in [7, 11) is -3.98. The summed E-state index contributed by atoms with van der Waals surface area (Å²) in [5, 5.41) is 15.4. The van der Waals surface area contributed by atoms with Gasteiger partial charge in [0.1, 0.15) is 5.75 Å². The lowest BCUT2D eigenvalue weighted by atomic mass is 9.55. The summed E-state index contributed by atoms with van der Waals surface area (Å²) in [4.78, 5) is 0. The molecule has 3 aliphatic rings. The Morgan fingerprint density at radius 2 is 2.04 bits per heavy atom. The second kappa shape index (κ2) is 5.44. The van der Waals surface area contributed by atoms with Crippen LogP contribution < -0.4 is 9.32 Å². The van der Waals surface area contributed by atoms with Crippen LogP contribution in [-0.2, 0) is 16.7 Å². The second-order valence-electron chi connectivity index (χ2n) is 7.99. The molecular weight excluding hydrogens is 326 g/mol. The number of hydrogen-bond acceptors (Lipinski definition) is 4. The van der Waals surface area contributed by atoms with Crippen molar-refractivity contribution in [1.29, 1.82) is 0 Å². The quantitative estimate of drug-likeness (QED) is 0.856. The molecule has 5 atom stereocenters. The van der Waals surface area contributed by atoms with E-state index in [0.717, 1.165) is 38.5 Å². The fourth-order valence-corrected chi connectivity index (χ4v) is 6.09. The molecule has 0 bridgehead atoms. The van der Waals surface area contributed by atoms with Gasteiger partial charge in [0, 0.05) is 0 Å². The Labute approximate surface area is 143 Å². The Morgan fingerprint density at radius 1 is 1.25 bits per heavy atom. The minimum Gasteiger partial charge on any atom is -0.393 e. The van der Waals surface area contributed by atoms with E-state index in [9.17, 15) is 13.5 Å². The van der Waals surface area contributed by atoms with Crippen molar-refractivity contribution >= 4 is 10.3 Å². The Bertz CT molecular complexity index is 762. The van der Waals surface area contributed by atoms with Crippen LogP contribution in [0.25, 0.3) is 0 Å². The van der Waals surface area contributed by atoms with E-state index in [1.807, 2.05) is 12.1 Å². The third kappa shape index (κ3) is 2.55. The predicted molar refractivity (Wildman–Crippen MR) is 90.8 cm³/mol. The van der Waals surface area contributed by atoms with Gasteiger partial charge in [0.15, 0.2) is 0 Å². The van der Waals surface area contributed by atoms with Gasteiger partial charge in [-0.25, -0.2) is 0 Å². The molecule has 0 saturated heterocycles. The van der Waals surface area contributed by atoms with Crippen molar-refractivity contribution in [2.24, 2.45) is 22.4 Å². The van der Waals surface area contributed by atoms with E-state index in [0.29, 0.717) is 23.5 Å². The highest BCUT2D eigenvalue weighted by Crippen LogP contribution is 2.60. The predicted octanol–water partition coefficient (Wildman–Crippen LogP) is 2.49. The first kappa shape index (κ1) is 16.4. The van der Waals surface area contributed by atoms with Crippen LogP contribution in [0.3, 0.4) is 0 Å². The fourth-order valence-electron chi connectivity index (χ4n) is 5.72. The Hall–Kier alpha value is -1.11. The smallest absolute Gasteiger partial charge is 0.380 e. The van der Waals surface area contributed by atoms with E-state index in [1.54, 1.807) is 6.07 Å². The van der Waals surface area contributed by atoms with Gasteiger partial charge in [-0.3, -0.25) is 0 Å². The first-order chi connectivity index (χ1) is 11.3. The van der Waals surface area contributed by atoms with E-state index in [4.69, 9.17) is 9.32 Å². The van der Waals surface area contributed by atoms with Gasteiger partial charge in [0.2, 0.25) is 0 Å². The van der Waals surface area contributed by atoms with Gasteiger partial charge in [0.25, 0.3) is 0 Å². The molecule has 2 saturated carbocycles. The van der Waals surface area contributed by atoms with Crippen molar-refractivity contribution in [1.82, 2.24) is 0 Å². The number of hydrogen-bond donors (Lipinski definition) is 2. The number of aryl methyl sites for hydroxylation is 1. The molecule has 0 radical (unpaired) electrons. The van der Waals surface area contributed by atoms with Crippen LogP contribution in [0.4, 0.5) is 0 Å². The molecule has 4 rings (SSSR count). The van der Waals surface area contributed by atoms with Crippen LogP contribution >= 0.6 is 0 Å². The lowest BCUT2D eigenvalue weighted by Crippen LogP contribution is -2.43. The number of aliphatic hydroxyl groups excluding tert-OH is 1. The van der Waals surface area contributed by atoms with Crippen molar-refractivity contribution in [2.45, 2.75) is 57.5 Å². The van der Waals surface area contributed by atoms with Crippen molar-refractivity contribution in [2.75, 3.05) is 0 Å². The molecule has 24 heavy (non-hydrogen) atoms. The van der Waals surface area contributed by atoms with Gasteiger partial charge in [0.05, 0.1) is 6.10 Å². The van der Waals surface area contributed by atoms with Crippen LogP contribution in [-0.4, -0.2) is 19.6 Å². The Morgan fingerprint density at radius 3 is 2.79 bits per heavy atom. The summed E-state index contributed by atoms with van der Waals surface area (Å²) in [6.07, 6.45) is 6.09. The van der Waals surface area contributed by atoms with Crippen LogP contribution in [0.2, 0.25) is 0 Å². The van der Waals surface area contributed by atoms with Gasteiger partial charge < -0.3 is 9.29 Å². The van der Waals surface area contributed by atoms with Crippen LogP contribution in [0, 0.1) is 17.3 Å². The largest absolute Gasteiger partial charge is 0.393 e. The molecule has 1 aromatic carbocycles. The van der Waals surface area contributed by atoms with Crippen LogP contribution in [0.1, 0.15) is 56.1 Å². The lowest BCUT2D eigenvalue weighted by molar-refractivity contribution is -0.0226. The first-order valence-corrected chi connectivity index (χ1v) is 10.3. The van der Waals surface area contributed by atoms with E-state index in [1.165, 1.54) is 11.1 Å². The molecule has 3 N–H and O–H groups in total. The zero-order chi connectivity index (χ0) is 17.1. The summed E-state index contributed by atoms with van der Waals surface area (Å²) in [5.74, 6) is 2.03. The van der Waals surface area contributed by atoms with E-state index >= 15 is 0 Å². The molecule has 3 aliphatic carbocycles. The molecule has 132 valence electrons. The molecule has 0 unspecified atom stereocenters. The molecule has 6 heteroatoms. The topological polar surface area (TPSA) is 89.6 Å². The van der Waals surface area contributed by atoms with Crippen LogP contribution in [0.15, 0.2) is 18.2 Å². The fraction of sp³-hybridized carbons (Fsp3) is 0.667. The third-order valence-electron chi connectivity index (χ3n) is 6.86. The van der Waals surface area contributed by atoms with Crippen molar-refractivity contribution in [3.63, 3.8) is 0 Å². The van der Waals surface area contributed by atoms with Gasteiger partial charge in [-0.2, -0.15) is 13.6 Å². The van der Waals surface area contributed by atoms with E-state index in [2.05, 4.69) is 6.92 Å². The van der Waals surface area contributed by atoms with Gasteiger partial charge >= 0.3 is 10.3 Å². The highest BCUT2D eigenvalue weighted by Gasteiger charge is 2.54. The standard InChI is InChI=1S/C18H25NO4S/c1-18-9-8-14-13-5-3-12(23-24(19,21)22)10-11(13)2-4-15(14)16(18)6-7-17(18)20/h3,5,10,14-17,20H,2,4,6-9H2,1H3,(H2,19,21,22)/t14-,15-,16+,17-,18+/m1/s1. The van der Waals surface area contributed by atoms with Crippen molar-refractivity contribution in [3.8, 4) is 5.75 Å². The molecule has 0 amide bonds.